The Labute approximate surface area is 145 Å². The SMILES string of the molecule is Cc1noc(C)c1C(=O)N1CC[C@@]2(CC(C(=O)NCC3CC3)=NO2)C1. The van der Waals surface area contributed by atoms with Gasteiger partial charge in [-0.2, -0.15) is 0 Å². The number of hydrogen-bond donors (Lipinski definition) is 1. The molecule has 0 bridgehead atoms. The molecule has 0 unspecified atom stereocenters. The van der Waals surface area contributed by atoms with Crippen LogP contribution in [0.4, 0.5) is 0 Å². The first-order valence-corrected chi connectivity index (χ1v) is 8.73. The molecule has 1 saturated carbocycles. The first-order chi connectivity index (χ1) is 12.0. The first kappa shape index (κ1) is 16.1. The fourth-order valence-corrected chi connectivity index (χ4v) is 3.49. The van der Waals surface area contributed by atoms with Crippen LogP contribution in [0.3, 0.4) is 0 Å². The zero-order chi connectivity index (χ0) is 17.6. The Kier molecular flexibility index (Phi) is 3.77. The van der Waals surface area contributed by atoms with Crippen molar-refractivity contribution in [2.24, 2.45) is 11.1 Å². The molecule has 3 heterocycles. The molecule has 1 aromatic heterocycles. The van der Waals surface area contributed by atoms with E-state index in [0.717, 1.165) is 0 Å². The molecule has 2 amide bonds. The summed E-state index contributed by atoms with van der Waals surface area (Å²) in [7, 11) is 0. The van der Waals surface area contributed by atoms with Crippen molar-refractivity contribution in [2.75, 3.05) is 19.6 Å². The summed E-state index contributed by atoms with van der Waals surface area (Å²) in [5, 5.41) is 10.8. The largest absolute Gasteiger partial charge is 0.386 e. The van der Waals surface area contributed by atoms with E-state index in [1.807, 2.05) is 0 Å². The van der Waals surface area contributed by atoms with E-state index >= 15 is 0 Å². The third-order valence-electron chi connectivity index (χ3n) is 5.20. The fourth-order valence-electron chi connectivity index (χ4n) is 3.49. The summed E-state index contributed by atoms with van der Waals surface area (Å²) < 4.78 is 5.09. The third-order valence-corrected chi connectivity index (χ3v) is 5.20. The number of aromatic nitrogens is 1. The van der Waals surface area contributed by atoms with E-state index in [9.17, 15) is 9.59 Å². The predicted octanol–water partition coefficient (Wildman–Crippen LogP) is 1.18. The van der Waals surface area contributed by atoms with Crippen molar-refractivity contribution in [2.45, 2.75) is 45.1 Å². The van der Waals surface area contributed by atoms with Gasteiger partial charge in [-0.3, -0.25) is 9.59 Å². The second-order valence-corrected chi connectivity index (χ2v) is 7.32. The maximum absolute atomic E-state index is 12.7. The van der Waals surface area contributed by atoms with Gasteiger partial charge in [-0.25, -0.2) is 0 Å². The molecule has 1 aromatic rings. The Morgan fingerprint density at radius 1 is 1.36 bits per heavy atom. The number of likely N-dealkylation sites (tertiary alicyclic amines) is 1. The minimum Gasteiger partial charge on any atom is -0.386 e. The summed E-state index contributed by atoms with van der Waals surface area (Å²) >= 11 is 0. The van der Waals surface area contributed by atoms with E-state index < -0.39 is 5.60 Å². The number of carbonyl (C=O) groups excluding carboxylic acids is 2. The molecular weight excluding hydrogens is 324 g/mol. The lowest BCUT2D eigenvalue weighted by atomic mass is 9.96. The van der Waals surface area contributed by atoms with Crippen molar-refractivity contribution in [3.8, 4) is 0 Å². The second kappa shape index (κ2) is 5.86. The van der Waals surface area contributed by atoms with Gasteiger partial charge in [0, 0.05) is 25.9 Å². The molecule has 134 valence electrons. The smallest absolute Gasteiger partial charge is 0.269 e. The highest BCUT2D eigenvalue weighted by molar-refractivity contribution is 6.39. The minimum atomic E-state index is -0.582. The van der Waals surface area contributed by atoms with Crippen molar-refractivity contribution in [1.29, 1.82) is 0 Å². The van der Waals surface area contributed by atoms with E-state index in [1.165, 1.54) is 12.8 Å². The molecule has 2 fully saturated rings. The highest BCUT2D eigenvalue weighted by Gasteiger charge is 2.48. The molecular formula is C17H22N4O4. The van der Waals surface area contributed by atoms with Crippen molar-refractivity contribution in [1.82, 2.24) is 15.4 Å². The Bertz CT molecular complexity index is 732. The van der Waals surface area contributed by atoms with Crippen LogP contribution in [-0.4, -0.2) is 52.8 Å². The lowest BCUT2D eigenvalue weighted by molar-refractivity contribution is -0.115. The van der Waals surface area contributed by atoms with Gasteiger partial charge in [0.05, 0.1) is 12.2 Å². The Morgan fingerprint density at radius 3 is 2.84 bits per heavy atom. The Balaban J connectivity index is 1.37. The minimum absolute atomic E-state index is 0.108. The third kappa shape index (κ3) is 3.01. The van der Waals surface area contributed by atoms with Crippen molar-refractivity contribution < 1.29 is 18.9 Å². The average Bonchev–Trinajstić information content (AvgIpc) is 3.03. The molecule has 1 spiro atoms. The van der Waals surface area contributed by atoms with Crippen LogP contribution in [0, 0.1) is 19.8 Å². The zero-order valence-corrected chi connectivity index (χ0v) is 14.5. The molecule has 1 aliphatic carbocycles. The monoisotopic (exact) mass is 346 g/mol. The number of nitrogens with zero attached hydrogens (tertiary/aromatic N) is 3. The topological polar surface area (TPSA) is 97.0 Å². The highest BCUT2D eigenvalue weighted by atomic mass is 16.7. The molecule has 8 nitrogen and oxygen atoms in total. The number of hydrogen-bond acceptors (Lipinski definition) is 6. The van der Waals surface area contributed by atoms with Gasteiger partial charge in [0.1, 0.15) is 17.0 Å². The van der Waals surface area contributed by atoms with Gasteiger partial charge in [-0.15, -0.1) is 0 Å². The lowest BCUT2D eigenvalue weighted by Crippen LogP contribution is -2.39. The zero-order valence-electron chi connectivity index (χ0n) is 14.5. The average molecular weight is 346 g/mol. The van der Waals surface area contributed by atoms with Gasteiger partial charge in [0.2, 0.25) is 0 Å². The van der Waals surface area contributed by atoms with E-state index in [0.29, 0.717) is 61.1 Å². The van der Waals surface area contributed by atoms with Crippen LogP contribution in [0.5, 0.6) is 0 Å². The quantitative estimate of drug-likeness (QED) is 0.883. The van der Waals surface area contributed by atoms with E-state index in [2.05, 4.69) is 15.6 Å². The molecule has 1 saturated heterocycles. The molecule has 4 rings (SSSR count). The van der Waals surface area contributed by atoms with Crippen molar-refractivity contribution >= 4 is 17.5 Å². The van der Waals surface area contributed by atoms with Gasteiger partial charge in [-0.1, -0.05) is 10.3 Å². The van der Waals surface area contributed by atoms with Crippen LogP contribution in [0.15, 0.2) is 9.68 Å². The van der Waals surface area contributed by atoms with Crippen molar-refractivity contribution in [3.63, 3.8) is 0 Å². The fraction of sp³-hybridized carbons (Fsp3) is 0.647. The van der Waals surface area contributed by atoms with Crippen LogP contribution < -0.4 is 5.32 Å². The molecule has 2 aliphatic heterocycles. The molecule has 8 heteroatoms. The normalized spacial score (nSPS) is 25.2. The predicted molar refractivity (Wildman–Crippen MR) is 88.1 cm³/mol. The van der Waals surface area contributed by atoms with E-state index in [1.54, 1.807) is 18.7 Å². The maximum Gasteiger partial charge on any atom is 0.269 e. The van der Waals surface area contributed by atoms with Gasteiger partial charge in [0.25, 0.3) is 11.8 Å². The van der Waals surface area contributed by atoms with Gasteiger partial charge < -0.3 is 19.6 Å². The molecule has 25 heavy (non-hydrogen) atoms. The summed E-state index contributed by atoms with van der Waals surface area (Å²) in [6.45, 7) is 5.18. The first-order valence-electron chi connectivity index (χ1n) is 8.73. The number of aryl methyl sites for hydroxylation is 2. The van der Waals surface area contributed by atoms with Gasteiger partial charge in [-0.05, 0) is 32.6 Å². The van der Waals surface area contributed by atoms with Crippen LogP contribution >= 0.6 is 0 Å². The van der Waals surface area contributed by atoms with Crippen LogP contribution in [0.25, 0.3) is 0 Å². The van der Waals surface area contributed by atoms with E-state index in [4.69, 9.17) is 9.36 Å². The highest BCUT2D eigenvalue weighted by Crippen LogP contribution is 2.35. The molecule has 1 atom stereocenters. The van der Waals surface area contributed by atoms with Crippen LogP contribution in [0.1, 0.15) is 47.5 Å². The van der Waals surface area contributed by atoms with Crippen molar-refractivity contribution in [3.05, 3.63) is 17.0 Å². The lowest BCUT2D eigenvalue weighted by Gasteiger charge is -2.21. The summed E-state index contributed by atoms with van der Waals surface area (Å²) in [6.07, 6.45) is 3.47. The molecule has 0 aromatic carbocycles. The van der Waals surface area contributed by atoms with Gasteiger partial charge in [0.15, 0.2) is 5.60 Å². The van der Waals surface area contributed by atoms with Crippen LogP contribution in [-0.2, 0) is 9.63 Å². The number of amides is 2. The number of oxime groups is 1. The van der Waals surface area contributed by atoms with Crippen LogP contribution in [0.2, 0.25) is 0 Å². The summed E-state index contributed by atoms with van der Waals surface area (Å²) in [5.41, 5.74) is 0.943. The van der Waals surface area contributed by atoms with E-state index in [-0.39, 0.29) is 11.8 Å². The summed E-state index contributed by atoms with van der Waals surface area (Å²) in [6, 6.07) is 0. The second-order valence-electron chi connectivity index (χ2n) is 7.32. The number of carbonyl (C=O) groups is 2. The number of rotatable bonds is 4. The molecule has 1 N–H and O–H groups in total. The summed E-state index contributed by atoms with van der Waals surface area (Å²) in [5.74, 6) is 0.880. The standard InChI is InChI=1S/C17H22N4O4/c1-10-14(11(2)24-19-10)16(23)21-6-5-17(9-21)7-13(20-25-17)15(22)18-8-12-3-4-12/h12H,3-9H2,1-2H3,(H,18,22)/t17-/m1/s1. The maximum atomic E-state index is 12.7. The Hall–Kier alpha value is -2.38. The number of nitrogens with one attached hydrogen (secondary N) is 1. The molecule has 3 aliphatic rings. The van der Waals surface area contributed by atoms with Gasteiger partial charge >= 0.3 is 0 Å². The summed E-state index contributed by atoms with van der Waals surface area (Å²) in [4.78, 5) is 32.3. The molecule has 0 radical (unpaired) electrons. The Morgan fingerprint density at radius 2 is 2.16 bits per heavy atom.